The van der Waals surface area contributed by atoms with Crippen LogP contribution in [0.1, 0.15) is 83.3 Å². The van der Waals surface area contributed by atoms with E-state index in [2.05, 4.69) is 15.5 Å². The average molecular weight is 305 g/mol. The number of amides is 1. The second kappa shape index (κ2) is 6.01. The van der Waals surface area contributed by atoms with Gasteiger partial charge in [0.2, 0.25) is 11.8 Å². The van der Waals surface area contributed by atoms with E-state index in [-0.39, 0.29) is 5.91 Å². The topological polar surface area (TPSA) is 68.0 Å². The summed E-state index contributed by atoms with van der Waals surface area (Å²) in [7, 11) is 0. The molecule has 3 rings (SSSR count). The number of hydrogen-bond donors (Lipinski definition) is 1. The highest BCUT2D eigenvalue weighted by Crippen LogP contribution is 2.47. The Morgan fingerprint density at radius 3 is 2.68 bits per heavy atom. The Morgan fingerprint density at radius 2 is 1.91 bits per heavy atom. The number of carbonyl (C=O) groups excluding carboxylic acids is 1. The van der Waals surface area contributed by atoms with Gasteiger partial charge in [-0.3, -0.25) is 4.79 Å². The molecular weight excluding hydrogens is 278 g/mol. The van der Waals surface area contributed by atoms with Crippen molar-refractivity contribution in [3.63, 3.8) is 0 Å². The van der Waals surface area contributed by atoms with Gasteiger partial charge in [0.1, 0.15) is 0 Å². The van der Waals surface area contributed by atoms with Crippen LogP contribution in [0.5, 0.6) is 0 Å². The first-order chi connectivity index (χ1) is 10.5. The Labute approximate surface area is 132 Å². The molecule has 0 radical (unpaired) electrons. The predicted molar refractivity (Wildman–Crippen MR) is 83.2 cm³/mol. The molecule has 3 atom stereocenters. The molecule has 22 heavy (non-hydrogen) atoms. The molecule has 122 valence electrons. The zero-order valence-corrected chi connectivity index (χ0v) is 13.9. The van der Waals surface area contributed by atoms with Gasteiger partial charge >= 0.3 is 0 Å². The Morgan fingerprint density at radius 1 is 1.18 bits per heavy atom. The fraction of sp³-hybridized carbons (Fsp3) is 0.824. The highest BCUT2D eigenvalue weighted by Gasteiger charge is 2.39. The summed E-state index contributed by atoms with van der Waals surface area (Å²) >= 11 is 0. The normalized spacial score (nSPS) is 29.0. The van der Waals surface area contributed by atoms with Crippen LogP contribution >= 0.6 is 0 Å². The second-order valence-corrected chi connectivity index (χ2v) is 7.51. The van der Waals surface area contributed by atoms with E-state index in [1.165, 1.54) is 45.4 Å². The third-order valence-electron chi connectivity index (χ3n) is 5.38. The van der Waals surface area contributed by atoms with Gasteiger partial charge in [-0.2, -0.15) is 4.98 Å². The molecule has 3 unspecified atom stereocenters. The highest BCUT2D eigenvalue weighted by atomic mass is 16.5. The fourth-order valence-corrected chi connectivity index (χ4v) is 4.38. The van der Waals surface area contributed by atoms with Crippen LogP contribution < -0.4 is 5.32 Å². The molecule has 5 heteroatoms. The van der Waals surface area contributed by atoms with Crippen molar-refractivity contribution in [1.29, 1.82) is 0 Å². The van der Waals surface area contributed by atoms with Crippen LogP contribution in [-0.2, 0) is 10.3 Å². The third-order valence-corrected chi connectivity index (χ3v) is 5.38. The van der Waals surface area contributed by atoms with E-state index in [4.69, 9.17) is 4.52 Å². The van der Waals surface area contributed by atoms with E-state index in [1.807, 2.05) is 13.8 Å². The molecule has 1 aromatic heterocycles. The lowest BCUT2D eigenvalue weighted by atomic mass is 9.65. The molecule has 2 aliphatic carbocycles. The minimum Gasteiger partial charge on any atom is -0.344 e. The lowest BCUT2D eigenvalue weighted by Crippen LogP contribution is -2.40. The van der Waals surface area contributed by atoms with Crippen LogP contribution in [-0.4, -0.2) is 16.0 Å². The van der Waals surface area contributed by atoms with Gasteiger partial charge in [-0.15, -0.1) is 0 Å². The molecule has 1 amide bonds. The maximum absolute atomic E-state index is 11.3. The number of hydrogen-bond acceptors (Lipinski definition) is 4. The van der Waals surface area contributed by atoms with E-state index >= 15 is 0 Å². The van der Waals surface area contributed by atoms with Crippen molar-refractivity contribution >= 4 is 5.91 Å². The molecule has 0 aliphatic heterocycles. The van der Waals surface area contributed by atoms with E-state index < -0.39 is 5.54 Å². The first-order valence-electron chi connectivity index (χ1n) is 8.60. The average Bonchev–Trinajstić information content (AvgIpc) is 2.96. The van der Waals surface area contributed by atoms with Crippen LogP contribution in [0.3, 0.4) is 0 Å². The molecule has 0 aromatic carbocycles. The van der Waals surface area contributed by atoms with Crippen LogP contribution in [0.15, 0.2) is 4.52 Å². The molecule has 2 aliphatic rings. The fourth-order valence-electron chi connectivity index (χ4n) is 4.38. The van der Waals surface area contributed by atoms with Gasteiger partial charge in [-0.25, -0.2) is 0 Å². The monoisotopic (exact) mass is 305 g/mol. The summed E-state index contributed by atoms with van der Waals surface area (Å²) in [5, 5.41) is 7.04. The Balaban J connectivity index is 1.79. The maximum Gasteiger partial charge on any atom is 0.230 e. The largest absolute Gasteiger partial charge is 0.344 e. The van der Waals surface area contributed by atoms with Crippen molar-refractivity contribution < 1.29 is 9.32 Å². The standard InChI is InChI=1S/C17H27N3O2/c1-11(21)19-17(2,3)16-18-15(22-20-16)14-10-6-8-12-7-4-5-9-13(12)14/h12-14H,4-10H2,1-3H3,(H,19,21). The predicted octanol–water partition coefficient (Wildman–Crippen LogP) is 3.51. The number of nitrogens with zero attached hydrogens (tertiary/aromatic N) is 2. The Bertz CT molecular complexity index is 536. The molecule has 2 fully saturated rings. The molecule has 1 aromatic rings. The van der Waals surface area contributed by atoms with Crippen molar-refractivity contribution in [3.05, 3.63) is 11.7 Å². The quantitative estimate of drug-likeness (QED) is 0.927. The van der Waals surface area contributed by atoms with Gasteiger partial charge in [-0.1, -0.05) is 37.3 Å². The van der Waals surface area contributed by atoms with Crippen molar-refractivity contribution in [2.45, 2.75) is 77.2 Å². The lowest BCUT2D eigenvalue weighted by molar-refractivity contribution is -0.120. The summed E-state index contributed by atoms with van der Waals surface area (Å²) in [6.07, 6.45) is 9.14. The number of rotatable bonds is 3. The van der Waals surface area contributed by atoms with Crippen LogP contribution in [0.4, 0.5) is 0 Å². The van der Waals surface area contributed by atoms with E-state index in [1.54, 1.807) is 0 Å². The van der Waals surface area contributed by atoms with Crippen LogP contribution in [0.25, 0.3) is 0 Å². The van der Waals surface area contributed by atoms with Gasteiger partial charge in [0, 0.05) is 12.8 Å². The van der Waals surface area contributed by atoms with E-state index in [0.29, 0.717) is 17.7 Å². The zero-order chi connectivity index (χ0) is 15.7. The van der Waals surface area contributed by atoms with Gasteiger partial charge in [0.25, 0.3) is 0 Å². The molecule has 0 spiro atoms. The molecule has 0 saturated heterocycles. The Kier molecular flexibility index (Phi) is 4.24. The molecular formula is C17H27N3O2. The smallest absolute Gasteiger partial charge is 0.230 e. The van der Waals surface area contributed by atoms with Gasteiger partial charge in [-0.05, 0) is 38.5 Å². The van der Waals surface area contributed by atoms with Crippen molar-refractivity contribution in [2.75, 3.05) is 0 Å². The Hall–Kier alpha value is -1.39. The molecule has 2 saturated carbocycles. The maximum atomic E-state index is 11.3. The summed E-state index contributed by atoms with van der Waals surface area (Å²) in [6.45, 7) is 5.33. The number of aromatic nitrogens is 2. The molecule has 1 heterocycles. The highest BCUT2D eigenvalue weighted by molar-refractivity contribution is 5.73. The minimum atomic E-state index is -0.589. The van der Waals surface area contributed by atoms with Crippen LogP contribution in [0, 0.1) is 11.8 Å². The van der Waals surface area contributed by atoms with Gasteiger partial charge in [0.05, 0.1) is 5.54 Å². The summed E-state index contributed by atoms with van der Waals surface area (Å²) < 4.78 is 5.61. The zero-order valence-electron chi connectivity index (χ0n) is 13.9. The molecule has 1 N–H and O–H groups in total. The van der Waals surface area contributed by atoms with E-state index in [0.717, 1.165) is 18.2 Å². The summed E-state index contributed by atoms with van der Waals surface area (Å²) in [6, 6.07) is 0. The van der Waals surface area contributed by atoms with Crippen LogP contribution in [0.2, 0.25) is 0 Å². The van der Waals surface area contributed by atoms with Gasteiger partial charge < -0.3 is 9.84 Å². The number of carbonyl (C=O) groups is 1. The summed E-state index contributed by atoms with van der Waals surface area (Å²) in [5.41, 5.74) is -0.589. The third kappa shape index (κ3) is 3.03. The molecule has 0 bridgehead atoms. The van der Waals surface area contributed by atoms with E-state index in [9.17, 15) is 4.79 Å². The van der Waals surface area contributed by atoms with Crippen molar-refractivity contribution in [2.24, 2.45) is 11.8 Å². The van der Waals surface area contributed by atoms with Crippen molar-refractivity contribution in [3.8, 4) is 0 Å². The lowest BCUT2D eigenvalue weighted by Gasteiger charge is -2.39. The first kappa shape index (κ1) is 15.5. The number of fused-ring (bicyclic) bond motifs is 1. The first-order valence-corrected chi connectivity index (χ1v) is 8.60. The SMILES string of the molecule is CC(=O)NC(C)(C)c1noc(C2CCCC3CCCCC32)n1. The second-order valence-electron chi connectivity index (χ2n) is 7.51. The van der Waals surface area contributed by atoms with Crippen molar-refractivity contribution in [1.82, 2.24) is 15.5 Å². The minimum absolute atomic E-state index is 0.0821. The molecule has 5 nitrogen and oxygen atoms in total. The number of nitrogens with one attached hydrogen (secondary N) is 1. The summed E-state index contributed by atoms with van der Waals surface area (Å²) in [5.74, 6) is 3.24. The summed E-state index contributed by atoms with van der Waals surface area (Å²) in [4.78, 5) is 16.0. The van der Waals surface area contributed by atoms with Gasteiger partial charge in [0.15, 0.2) is 5.82 Å².